The number of aromatic nitrogens is 2. The molecule has 0 radical (unpaired) electrons. The van der Waals surface area contributed by atoms with Crippen LogP contribution in [0.2, 0.25) is 0 Å². The monoisotopic (exact) mass is 1140 g/mol. The predicted molar refractivity (Wildman–Crippen MR) is 228 cm³/mol. The number of anilines is 4. The van der Waals surface area contributed by atoms with E-state index in [4.69, 9.17) is 20.9 Å². The molecule has 0 spiro atoms. The summed E-state index contributed by atoms with van der Waals surface area (Å²) in [5.41, 5.74) is 6.81. The summed E-state index contributed by atoms with van der Waals surface area (Å²) in [6.45, 7) is 1.98. The standard InChI is InChI=1S/C45H30N4O2.C6H4N.2Pt/c1-47-25-26-48(33-47)39-18-12-22-43(31-39)51-44-29-36(27-40(32-44)49(37-14-5-2-6-15-37)38-16-7-3-8-17-38)45-30-35(23-24-46-45)34-13-11-21-42(28-34)50-41-19-9-4-10-20-41;1-2-7-5-3-4-6-7;;/h2-19,21-22,24-27,30,32-33H,1H3;3-6H;;/q-6;-1;;+4. The van der Waals surface area contributed by atoms with Crippen molar-refractivity contribution in [1.82, 2.24) is 14.5 Å². The summed E-state index contributed by atoms with van der Waals surface area (Å²) in [7, 11) is 1.98. The molecule has 9 heteroatoms. The number of para-hydroxylation sites is 3. The predicted octanol–water partition coefficient (Wildman–Crippen LogP) is 11.7. The van der Waals surface area contributed by atoms with Crippen LogP contribution in [-0.4, -0.2) is 21.5 Å². The first-order valence-electron chi connectivity index (χ1n) is 18.4. The molecule has 0 aliphatic carbocycles. The van der Waals surface area contributed by atoms with E-state index < -0.39 is 0 Å². The van der Waals surface area contributed by atoms with Gasteiger partial charge in [0, 0.05) is 67.8 Å². The first-order valence-corrected chi connectivity index (χ1v) is 18.4. The first-order chi connectivity index (χ1) is 28.6. The Morgan fingerprint density at radius 1 is 0.617 bits per heavy atom. The number of ether oxygens (including phenoxy) is 2. The van der Waals surface area contributed by atoms with Gasteiger partial charge in [-0.25, -0.2) is 24.2 Å². The van der Waals surface area contributed by atoms with Gasteiger partial charge in [0.25, 0.3) is 0 Å². The van der Waals surface area contributed by atoms with Crippen LogP contribution in [0.5, 0.6) is 23.0 Å². The fourth-order valence-electron chi connectivity index (χ4n) is 6.13. The Labute approximate surface area is 380 Å². The molecule has 0 amide bonds. The quantitative estimate of drug-likeness (QED) is 0.100. The van der Waals surface area contributed by atoms with Crippen LogP contribution in [0.4, 0.5) is 22.7 Å². The molecule has 298 valence electrons. The molecule has 2 aromatic heterocycles. The molecule has 7 nitrogen and oxygen atoms in total. The molecule has 1 aliphatic heterocycles. The second-order valence-electron chi connectivity index (χ2n) is 12.9. The molecule has 0 bridgehead atoms. The molecule has 8 aromatic rings. The number of pyridine rings is 1. The number of hydrogen-bond acceptors (Lipinski definition) is 6. The maximum absolute atomic E-state index is 6.57. The Balaban J connectivity index is 0.000000611. The number of benzene rings is 6. The summed E-state index contributed by atoms with van der Waals surface area (Å²) < 4.78 is 14.1. The van der Waals surface area contributed by atoms with Gasteiger partial charge in [0.2, 0.25) is 0 Å². The maximum atomic E-state index is 6.57. The van der Waals surface area contributed by atoms with E-state index in [1.54, 1.807) is 23.2 Å². The van der Waals surface area contributed by atoms with E-state index in [1.165, 1.54) is 0 Å². The number of nitrogens with zero attached hydrogens (tertiary/aromatic N) is 5. The van der Waals surface area contributed by atoms with Crippen LogP contribution in [0, 0.1) is 49.5 Å². The summed E-state index contributed by atoms with van der Waals surface area (Å²) >= 11 is 0. The molecule has 9 rings (SSSR count). The van der Waals surface area contributed by atoms with E-state index in [-0.39, 0.29) is 42.1 Å². The molecule has 1 aliphatic rings. The molecule has 60 heavy (non-hydrogen) atoms. The van der Waals surface area contributed by atoms with Gasteiger partial charge in [-0.05, 0) is 61.5 Å². The van der Waals surface area contributed by atoms with Crippen LogP contribution in [0.1, 0.15) is 0 Å². The van der Waals surface area contributed by atoms with Gasteiger partial charge in [-0.15, -0.1) is 53.7 Å². The van der Waals surface area contributed by atoms with Crippen LogP contribution < -0.4 is 19.3 Å². The van der Waals surface area contributed by atoms with Crippen LogP contribution in [0.3, 0.4) is 0 Å². The van der Waals surface area contributed by atoms with Crippen molar-refractivity contribution >= 4 is 22.7 Å². The fourth-order valence-corrected chi connectivity index (χ4v) is 6.13. The Bertz CT molecular complexity index is 2610. The van der Waals surface area contributed by atoms with Crippen molar-refractivity contribution in [2.45, 2.75) is 0 Å². The van der Waals surface area contributed by atoms with E-state index in [0.29, 0.717) is 28.7 Å². The zero-order valence-electron chi connectivity index (χ0n) is 32.1. The summed E-state index contributed by atoms with van der Waals surface area (Å²) in [6, 6.07) is 68.2. The average Bonchev–Trinajstić information content (AvgIpc) is 3.98. The third-order valence-corrected chi connectivity index (χ3v) is 8.81. The zero-order chi connectivity index (χ0) is 39.5. The first kappa shape index (κ1) is 43.0. The Kier molecular flexibility index (Phi) is 15.0. The van der Waals surface area contributed by atoms with Crippen molar-refractivity contribution in [3.63, 3.8) is 0 Å². The van der Waals surface area contributed by atoms with Crippen molar-refractivity contribution < 1.29 is 51.6 Å². The van der Waals surface area contributed by atoms with E-state index in [9.17, 15) is 0 Å². The van der Waals surface area contributed by atoms with Crippen LogP contribution in [0.15, 0.2) is 183 Å². The van der Waals surface area contributed by atoms with Crippen LogP contribution in [-0.2, 0) is 42.1 Å². The van der Waals surface area contributed by atoms with Crippen LogP contribution in [0.25, 0.3) is 22.4 Å². The minimum absolute atomic E-state index is 0. The van der Waals surface area contributed by atoms with Crippen molar-refractivity contribution in [3.8, 4) is 51.4 Å². The summed E-state index contributed by atoms with van der Waals surface area (Å²) in [6.07, 6.45) is 15.7. The second-order valence-corrected chi connectivity index (χ2v) is 12.9. The van der Waals surface area contributed by atoms with E-state index in [1.807, 2.05) is 157 Å². The molecule has 0 unspecified atom stereocenters. The minimum atomic E-state index is 0. The fraction of sp³-hybridized carbons (Fsp3) is 0.0196. The Hall–Kier alpha value is -6.57. The topological polar surface area (TPSA) is 46.0 Å². The molecule has 0 fully saturated rings. The zero-order valence-corrected chi connectivity index (χ0v) is 36.6. The van der Waals surface area contributed by atoms with Crippen molar-refractivity contribution in [3.05, 3.63) is 226 Å². The van der Waals surface area contributed by atoms with Gasteiger partial charge in [-0.3, -0.25) is 11.1 Å². The van der Waals surface area contributed by atoms with Gasteiger partial charge in [-0.1, -0.05) is 60.4 Å². The second kappa shape index (κ2) is 20.9. The third kappa shape index (κ3) is 10.9. The van der Waals surface area contributed by atoms with Gasteiger partial charge in [0.1, 0.15) is 0 Å². The Morgan fingerprint density at radius 2 is 1.27 bits per heavy atom. The molecule has 0 saturated carbocycles. The number of rotatable bonds is 10. The van der Waals surface area contributed by atoms with Crippen molar-refractivity contribution in [2.24, 2.45) is 0 Å². The van der Waals surface area contributed by atoms with Gasteiger partial charge in [0.05, 0.1) is 0 Å². The van der Waals surface area contributed by atoms with E-state index in [0.717, 1.165) is 39.4 Å². The molecular weight excluding hydrogens is 1100 g/mol. The molecule has 0 atom stereocenters. The number of hydrogen-bond donors (Lipinski definition) is 0. The summed E-state index contributed by atoms with van der Waals surface area (Å²) in [5.74, 6) is 2.28. The Morgan fingerprint density at radius 3 is 1.92 bits per heavy atom. The van der Waals surface area contributed by atoms with Gasteiger partial charge in [-0.2, -0.15) is 43.1 Å². The largest absolute Gasteiger partial charge is 4.00 e. The maximum Gasteiger partial charge on any atom is 4.00 e. The van der Waals surface area contributed by atoms with E-state index >= 15 is 0 Å². The van der Waals surface area contributed by atoms with Crippen LogP contribution >= 0.6 is 0 Å². The van der Waals surface area contributed by atoms with Gasteiger partial charge in [0.15, 0.2) is 0 Å². The third-order valence-electron chi connectivity index (χ3n) is 8.81. The summed E-state index contributed by atoms with van der Waals surface area (Å²) in [4.78, 5) is 10.9. The van der Waals surface area contributed by atoms with Gasteiger partial charge >= 0.3 is 21.1 Å². The summed E-state index contributed by atoms with van der Waals surface area (Å²) in [5, 5.41) is 0. The molecule has 0 N–H and O–H groups in total. The smallest absolute Gasteiger partial charge is 0.669 e. The van der Waals surface area contributed by atoms with Crippen molar-refractivity contribution in [2.75, 3.05) is 16.8 Å². The van der Waals surface area contributed by atoms with Gasteiger partial charge < -0.3 is 40.1 Å². The molecule has 3 heterocycles. The molecule has 6 aromatic carbocycles. The normalized spacial score (nSPS) is 11.3. The SMILES string of the molecule is CN1C=CN(c2[c-]c(Oc3[c-]c(-c4cc(-c5[c-]c(Oc6[c-]cccc6)ccc5)[c-]cn4)cc(N(c4ccccc4)c4ccccc4)c3)ccc2)[CH-]1.[C-]#Cn1cccc1.[Pt+4].[Pt]. The average molecular weight is 1140 g/mol. The molecule has 0 saturated heterocycles. The minimum Gasteiger partial charge on any atom is -0.669 e. The molecular formula is C51H34N5O2Pt2-3. The van der Waals surface area contributed by atoms with Crippen molar-refractivity contribution in [1.29, 1.82) is 0 Å². The van der Waals surface area contributed by atoms with E-state index in [2.05, 4.69) is 71.6 Å².